The Kier molecular flexibility index (Phi) is 7.89. The van der Waals surface area contributed by atoms with Gasteiger partial charge in [0.2, 0.25) is 0 Å². The van der Waals surface area contributed by atoms with Gasteiger partial charge in [0.05, 0.1) is 19.5 Å². The highest BCUT2D eigenvalue weighted by molar-refractivity contribution is 8.44. The Labute approximate surface area is 243 Å². The van der Waals surface area contributed by atoms with Crippen molar-refractivity contribution in [2.45, 2.75) is 49.2 Å². The van der Waals surface area contributed by atoms with Crippen LogP contribution in [0.4, 0.5) is 14.6 Å². The van der Waals surface area contributed by atoms with Crippen molar-refractivity contribution < 1.29 is 45.8 Å². The van der Waals surface area contributed by atoms with E-state index < -0.39 is 87.2 Å². The van der Waals surface area contributed by atoms with Crippen molar-refractivity contribution >= 4 is 54.6 Å². The predicted molar refractivity (Wildman–Crippen MR) is 143 cm³/mol. The molecule has 10 atom stereocenters. The summed E-state index contributed by atoms with van der Waals surface area (Å²) in [6.45, 7) is -10.2. The summed E-state index contributed by atoms with van der Waals surface area (Å²) in [4.78, 5) is 48.5. The Bertz CT molecular complexity index is 1730. The van der Waals surface area contributed by atoms with Crippen molar-refractivity contribution in [3.8, 4) is 0 Å². The van der Waals surface area contributed by atoms with Gasteiger partial charge in [0, 0.05) is 12.3 Å². The van der Waals surface area contributed by atoms with E-state index in [4.69, 9.17) is 45.1 Å². The van der Waals surface area contributed by atoms with E-state index in [0.29, 0.717) is 0 Å². The number of anilines is 1. The molecule has 17 nitrogen and oxygen atoms in total. The minimum absolute atomic E-state index is 0.0362. The number of nitrogens with zero attached hydrogens (tertiary/aromatic N) is 5. The van der Waals surface area contributed by atoms with Gasteiger partial charge in [0.15, 0.2) is 36.3 Å². The molecule has 3 aromatic rings. The van der Waals surface area contributed by atoms with Gasteiger partial charge in [0.25, 0.3) is 5.56 Å². The molecule has 42 heavy (non-hydrogen) atoms. The third-order valence-electron chi connectivity index (χ3n) is 6.63. The number of nitrogens with one attached hydrogen (secondary N) is 1. The largest absolute Gasteiger partial charge is 0.386 e. The average Bonchev–Trinajstić information content (AvgIpc) is 3.57. The number of nitrogen functional groups attached to an aromatic ring is 1. The topological polar surface area (TPSA) is 217 Å². The minimum atomic E-state index is -4.47. The molecule has 0 amide bonds. The zero-order valence-electron chi connectivity index (χ0n) is 20.8. The number of rotatable bonds is 2. The number of nitrogens with two attached hydrogens (primary N) is 1. The van der Waals surface area contributed by atoms with Gasteiger partial charge < -0.3 is 24.6 Å². The van der Waals surface area contributed by atoms with E-state index in [2.05, 4.69) is 27.2 Å². The lowest BCUT2D eigenvalue weighted by Crippen LogP contribution is -2.36. The van der Waals surface area contributed by atoms with Gasteiger partial charge in [-0.15, -0.1) is 0 Å². The zero-order valence-corrected chi connectivity index (χ0v) is 24.3. The molecule has 23 heteroatoms. The Morgan fingerprint density at radius 1 is 1.05 bits per heavy atom. The van der Waals surface area contributed by atoms with Crippen molar-refractivity contribution in [3.05, 3.63) is 45.8 Å². The number of hydrogen-bond donors (Lipinski definition) is 4. The molecule has 3 saturated heterocycles. The van der Waals surface area contributed by atoms with Gasteiger partial charge in [-0.25, -0.2) is 33.1 Å². The first-order valence-corrected chi connectivity index (χ1v) is 17.3. The summed E-state index contributed by atoms with van der Waals surface area (Å²) in [5.41, 5.74) is 4.42. The molecule has 0 saturated carbocycles. The molecule has 6 heterocycles. The summed E-state index contributed by atoms with van der Waals surface area (Å²) in [7, 11) is 0. The highest BCUT2D eigenvalue weighted by atomic mass is 32.7. The molecule has 3 aliphatic rings. The third kappa shape index (κ3) is 5.59. The summed E-state index contributed by atoms with van der Waals surface area (Å²) in [5.74, 6) is 0.0362. The van der Waals surface area contributed by atoms with E-state index in [9.17, 15) is 19.0 Å². The number of hydrogen-bond acceptors (Lipinski definition) is 14. The van der Waals surface area contributed by atoms with E-state index in [-0.39, 0.29) is 17.0 Å². The number of imidazole rings is 1. The van der Waals surface area contributed by atoms with Crippen LogP contribution in [0.5, 0.6) is 0 Å². The molecular weight excluding hydrogens is 650 g/mol. The maximum Gasteiger partial charge on any atom is 0.386 e. The number of aromatic nitrogens is 6. The first-order chi connectivity index (χ1) is 19.8. The van der Waals surface area contributed by atoms with Crippen LogP contribution in [0.1, 0.15) is 12.5 Å². The summed E-state index contributed by atoms with van der Waals surface area (Å²) in [6.07, 6.45) is -10.2. The van der Waals surface area contributed by atoms with Gasteiger partial charge in [-0.1, -0.05) is 12.2 Å². The van der Waals surface area contributed by atoms with Gasteiger partial charge in [-0.05, 0) is 11.8 Å². The first kappa shape index (κ1) is 29.9. The quantitative estimate of drug-likeness (QED) is 0.216. The molecule has 2 bridgehead atoms. The molecule has 3 aromatic heterocycles. The Hall–Kier alpha value is -2.16. The standard InChI is InChI=1S/C19H21F2N7O10P2S2/c20-10-7-3-33-39(31,41)37-13-8(36-17(11(13)21)27-2-1-9(29)26-19(27)30)4-34-40(32,42)38-14(10)18(35-7)28-6-25-12-15(22)23-5-24-16(12)28/h1-2,5-8,10-11,13-14,17-18H,3-4H2,(H,31,41)(H,32,42)(H2,22,23,24)(H,26,29,30)/t7-,8-,10-,11-,13-,14-,17-,18-,39?,40?/m1/s1. The number of halogens is 2. The number of H-pyrrole nitrogens is 1. The molecule has 0 aliphatic carbocycles. The maximum atomic E-state index is 15.7. The maximum absolute atomic E-state index is 15.7. The lowest BCUT2D eigenvalue weighted by Gasteiger charge is -2.26. The van der Waals surface area contributed by atoms with Crippen LogP contribution >= 0.6 is 25.8 Å². The number of thiol groups is 1. The van der Waals surface area contributed by atoms with E-state index >= 15 is 8.78 Å². The highest BCUT2D eigenvalue weighted by Crippen LogP contribution is 2.58. The second kappa shape index (κ2) is 11.1. The van der Waals surface area contributed by atoms with Crippen LogP contribution in [-0.2, 0) is 43.9 Å². The SMILES string of the molecule is Nc1ncnc2c1ncn2[C@@H]1O[C@@H]2COP(O)(=S)O[C@H]3[C@@H](F)[C@H](n4ccc(=O)[nH]c4=O)O[C@@H]3COP(=O)(S)O[C@@H]1[C@@H]2F. The molecule has 4 N–H and O–H groups in total. The summed E-state index contributed by atoms with van der Waals surface area (Å²) in [5, 5.41) is 0. The minimum Gasteiger partial charge on any atom is -0.382 e. The normalized spacial score (nSPS) is 39.3. The number of alkyl halides is 2. The van der Waals surface area contributed by atoms with Gasteiger partial charge in [-0.2, -0.15) is 0 Å². The summed E-state index contributed by atoms with van der Waals surface area (Å²) < 4.78 is 79.6. The van der Waals surface area contributed by atoms with Crippen LogP contribution in [0.2, 0.25) is 0 Å². The first-order valence-electron chi connectivity index (χ1n) is 12.0. The highest BCUT2D eigenvalue weighted by Gasteiger charge is 2.54. The van der Waals surface area contributed by atoms with E-state index in [1.165, 1.54) is 10.9 Å². The molecule has 3 fully saturated rings. The Morgan fingerprint density at radius 2 is 1.79 bits per heavy atom. The second-order valence-electron chi connectivity index (χ2n) is 9.29. The van der Waals surface area contributed by atoms with Crippen LogP contribution in [0.3, 0.4) is 0 Å². The fourth-order valence-corrected chi connectivity index (χ4v) is 7.62. The van der Waals surface area contributed by atoms with Crippen LogP contribution in [0.25, 0.3) is 11.2 Å². The fourth-order valence-electron chi connectivity index (χ4n) is 4.73. The Morgan fingerprint density at radius 3 is 2.55 bits per heavy atom. The zero-order chi connectivity index (χ0) is 30.0. The van der Waals surface area contributed by atoms with Gasteiger partial charge >= 0.3 is 19.2 Å². The van der Waals surface area contributed by atoms with E-state index in [1.807, 2.05) is 4.98 Å². The van der Waals surface area contributed by atoms with Gasteiger partial charge in [-0.3, -0.25) is 32.5 Å². The molecule has 0 spiro atoms. The fraction of sp³-hybridized carbons (Fsp3) is 0.526. The van der Waals surface area contributed by atoms with Crippen molar-refractivity contribution in [2.75, 3.05) is 18.9 Å². The molecular formula is C19H21F2N7O10P2S2. The van der Waals surface area contributed by atoms with Crippen LogP contribution < -0.4 is 17.0 Å². The van der Waals surface area contributed by atoms with Crippen LogP contribution in [-0.4, -0.2) is 83.9 Å². The van der Waals surface area contributed by atoms with E-state index in [0.717, 1.165) is 23.2 Å². The lowest BCUT2D eigenvalue weighted by molar-refractivity contribution is -0.0589. The lowest BCUT2D eigenvalue weighted by atomic mass is 10.1. The van der Waals surface area contributed by atoms with Crippen LogP contribution in [0, 0.1) is 0 Å². The van der Waals surface area contributed by atoms with Crippen molar-refractivity contribution in [3.63, 3.8) is 0 Å². The summed E-state index contributed by atoms with van der Waals surface area (Å²) >= 11 is 8.99. The molecule has 3 aliphatic heterocycles. The van der Waals surface area contributed by atoms with Crippen molar-refractivity contribution in [1.82, 2.24) is 29.1 Å². The third-order valence-corrected chi connectivity index (χ3v) is 9.81. The van der Waals surface area contributed by atoms with Crippen molar-refractivity contribution in [2.24, 2.45) is 0 Å². The number of ether oxygens (including phenoxy) is 2. The number of fused-ring (bicyclic) bond motifs is 4. The number of aromatic amines is 1. The Balaban J connectivity index is 1.32. The monoisotopic (exact) mass is 671 g/mol. The molecule has 2 unspecified atom stereocenters. The second-order valence-corrected chi connectivity index (χ2v) is 15.0. The van der Waals surface area contributed by atoms with E-state index in [1.54, 1.807) is 0 Å². The average molecular weight is 671 g/mol. The molecule has 0 radical (unpaired) electrons. The molecule has 0 aromatic carbocycles. The molecule has 228 valence electrons. The summed E-state index contributed by atoms with van der Waals surface area (Å²) in [6, 6.07) is 0.960. The molecule has 6 rings (SSSR count). The predicted octanol–water partition coefficient (Wildman–Crippen LogP) is 0.502. The van der Waals surface area contributed by atoms with Crippen molar-refractivity contribution in [1.29, 1.82) is 0 Å². The van der Waals surface area contributed by atoms with Gasteiger partial charge in [0.1, 0.15) is 36.3 Å². The van der Waals surface area contributed by atoms with Crippen LogP contribution in [0.15, 0.2) is 34.5 Å². The smallest absolute Gasteiger partial charge is 0.382 e.